The summed E-state index contributed by atoms with van der Waals surface area (Å²) in [7, 11) is 5.84. The second-order valence-electron chi connectivity index (χ2n) is 31.1. The Morgan fingerprint density at radius 3 is 1.17 bits per heavy atom. The van der Waals surface area contributed by atoms with Gasteiger partial charge < -0.3 is 80.0 Å². The van der Waals surface area contributed by atoms with Crippen LogP contribution in [0, 0.1) is 6.92 Å². The molecule has 0 unspecified atom stereocenters. The monoisotopic (exact) mass is 1880 g/mol. The summed E-state index contributed by atoms with van der Waals surface area (Å²) < 4.78 is 14.5. The lowest BCUT2D eigenvalue weighted by Crippen LogP contribution is -2.44. The van der Waals surface area contributed by atoms with Crippen LogP contribution in [0.1, 0.15) is 114 Å². The minimum absolute atomic E-state index is 0. The molecule has 0 amide bonds. The maximum absolute atomic E-state index is 6.05. The first-order valence-corrected chi connectivity index (χ1v) is 40.3. The van der Waals surface area contributed by atoms with Gasteiger partial charge in [-0.1, -0.05) is 30.3 Å². The van der Waals surface area contributed by atoms with E-state index in [0.29, 0.717) is 60.3 Å². The number of rotatable bonds is 19. The van der Waals surface area contributed by atoms with Crippen LogP contribution in [0.5, 0.6) is 5.88 Å². The summed E-state index contributed by atoms with van der Waals surface area (Å²) in [6.45, 7) is 9.89. The lowest BCUT2D eigenvalue weighted by Gasteiger charge is -2.33. The SMILES string of the molecule is CCNc1cc(N[C@H]2CC[C@H](N)C2)n2nccc2n1.CN(Cc1ccccc1)c1cc(N[C@H]2CC[C@H](N)C2)n2nccc2n1.CN1CCN(c2cc(N[C@H]3CC[C@H](N)C3)n3nccc3n2)CC1.COc1cc(-c2cc(N[C@H]3CC[C@H](N)C3)n3nccc3n2)ccn1.Cc1cc(-c2cc(N[C@H]3CC[C@H](N)C3)n3nccc3n2)ccn1.S.S.S.S.S.S.S.S.S.S. The van der Waals surface area contributed by atoms with Crippen LogP contribution >= 0.6 is 135 Å². The van der Waals surface area contributed by atoms with E-state index in [9.17, 15) is 0 Å². The predicted octanol–water partition coefficient (Wildman–Crippen LogP) is 10.5. The molecule has 16 N–H and O–H groups in total. The summed E-state index contributed by atoms with van der Waals surface area (Å²) in [5, 5.41) is 43.1. The number of methoxy groups -OCH3 is 1. The average molecular weight is 1890 g/mol. The van der Waals surface area contributed by atoms with E-state index in [2.05, 4.69) is 156 Å². The number of anilines is 8. The van der Waals surface area contributed by atoms with Gasteiger partial charge in [0.1, 0.15) is 46.5 Å². The van der Waals surface area contributed by atoms with E-state index in [1.54, 1.807) is 38.1 Å². The summed E-state index contributed by atoms with van der Waals surface area (Å²) in [5.74, 6) is 8.28. The molecule has 32 nitrogen and oxygen atoms in total. The van der Waals surface area contributed by atoms with Crippen molar-refractivity contribution in [2.24, 2.45) is 28.7 Å². The van der Waals surface area contributed by atoms with E-state index in [4.69, 9.17) is 48.4 Å². The highest BCUT2D eigenvalue weighted by atomic mass is 32.1. The van der Waals surface area contributed by atoms with Gasteiger partial charge >= 0.3 is 0 Å². The standard InChI is InChI=1S/C19H24N6.C17H20N6O.C17H20N6.C16H25N7.C13H20N6.10H2S/c1-24(13-14-5-3-2-4-6-14)18-12-19(22-16-8-7-15(20)11-16)25-17(23-18)9-10-21-25;1-24-17-8-11(4-6-19-17)14-10-16(21-13-3-2-12(18)9-13)23-15(22-14)5-7-20-23;1-11-8-12(4-6-19-11)15-10-17(21-14-3-2-13(18)9-14)23-16(22-15)5-7-20-23;1-21-6-8-22(9-7-21)15-11-16(19-13-3-2-12(17)10-13)23-14(20-15)4-5-18-23;1-2-15-11-8-13(17-10-4-3-9(14)7-10)19-12(18-11)5-6-16-19;;;;;;;;;;/h2-6,9-10,12,15-16,22H,7-8,11,13,20H2,1H3;4-8,10,12-13,21H,2-3,9,18H2,1H3;4-8,10,13-14,21H,2-3,9,18H2,1H3;4-5,11-13,19H,2-3,6-10,17H2,1H3;5-6,8-10,17H,2-4,7,14H2,1H3,(H,15,18);10*1H2/t15-,16-;12-,13-;13-,14-;12-,13-;9-,10-;;;;;;;;;;/m00000........../s1. The maximum atomic E-state index is 6.05. The van der Waals surface area contributed by atoms with E-state index in [1.807, 2.05) is 115 Å². The Hall–Kier alpha value is -7.92. The fourth-order valence-electron chi connectivity index (χ4n) is 16.1. The third-order valence-electron chi connectivity index (χ3n) is 22.2. The van der Waals surface area contributed by atoms with Gasteiger partial charge in [-0.05, 0) is 141 Å². The van der Waals surface area contributed by atoms with Gasteiger partial charge in [-0.15, -0.1) is 0 Å². The van der Waals surface area contributed by atoms with Gasteiger partial charge in [0.15, 0.2) is 28.2 Å². The molecule has 42 heteroatoms. The van der Waals surface area contributed by atoms with Crippen molar-refractivity contribution >= 4 is 210 Å². The van der Waals surface area contributed by atoms with Crippen molar-refractivity contribution in [3.8, 4) is 28.4 Å². The molecule has 6 fully saturated rings. The summed E-state index contributed by atoms with van der Waals surface area (Å²) in [4.78, 5) is 38.7. The Balaban J connectivity index is 0.000000270. The van der Waals surface area contributed by atoms with E-state index in [-0.39, 0.29) is 141 Å². The van der Waals surface area contributed by atoms with Crippen LogP contribution in [0.3, 0.4) is 0 Å². The normalized spacial score (nSPS) is 20.2. The molecule has 124 heavy (non-hydrogen) atoms. The van der Waals surface area contributed by atoms with Crippen LogP contribution in [-0.2, 0) is 6.54 Å². The predicted molar refractivity (Wildman–Crippen MR) is 555 cm³/mol. The number of hydrogen-bond donors (Lipinski definition) is 11. The van der Waals surface area contributed by atoms with Crippen molar-refractivity contribution in [1.82, 2.24) is 87.9 Å². The molecule has 0 bridgehead atoms. The van der Waals surface area contributed by atoms with E-state index < -0.39 is 0 Å². The molecule has 12 aromatic heterocycles. The molecule has 0 radical (unpaired) electrons. The lowest BCUT2D eigenvalue weighted by atomic mass is 10.1. The first-order valence-electron chi connectivity index (χ1n) is 40.3. The van der Waals surface area contributed by atoms with E-state index in [1.165, 1.54) is 5.56 Å². The van der Waals surface area contributed by atoms with Gasteiger partial charge in [-0.2, -0.15) is 183 Å². The Morgan fingerprint density at radius 1 is 0.403 bits per heavy atom. The molecule has 5 saturated carbocycles. The molecular weight excluding hydrogens is 1760 g/mol. The highest BCUT2D eigenvalue weighted by Gasteiger charge is 2.29. The fourth-order valence-corrected chi connectivity index (χ4v) is 16.1. The average Bonchev–Trinajstić information content (AvgIpc) is 1.65. The number of nitrogens with two attached hydrogens (primary N) is 5. The minimum atomic E-state index is 0. The van der Waals surface area contributed by atoms with Crippen molar-refractivity contribution in [1.29, 1.82) is 0 Å². The Bertz CT molecular complexity index is 5330. The van der Waals surface area contributed by atoms with E-state index in [0.717, 1.165) is 239 Å². The van der Waals surface area contributed by atoms with Crippen LogP contribution in [0.2, 0.25) is 0 Å². The maximum Gasteiger partial charge on any atom is 0.213 e. The van der Waals surface area contributed by atoms with Gasteiger partial charge in [0.25, 0.3) is 0 Å². The highest BCUT2D eigenvalue weighted by molar-refractivity contribution is 7.60. The number of fused-ring (bicyclic) bond motifs is 5. The number of hydrogen-bond acceptors (Lipinski definition) is 27. The molecular formula is C82H129N31OS10. The number of likely N-dealkylation sites (N-methyl/N-ethyl adjacent to an activating group) is 1. The summed E-state index contributed by atoms with van der Waals surface area (Å²) in [6.07, 6.45) is 28.3. The van der Waals surface area contributed by atoms with E-state index >= 15 is 0 Å². The largest absolute Gasteiger partial charge is 0.481 e. The van der Waals surface area contributed by atoms with Crippen LogP contribution in [0.15, 0.2) is 159 Å². The molecule has 1 aliphatic heterocycles. The number of benzene rings is 1. The molecule has 678 valence electrons. The van der Waals surface area contributed by atoms with Crippen molar-refractivity contribution in [2.75, 3.05) is 95.6 Å². The van der Waals surface area contributed by atoms with Crippen LogP contribution in [0.4, 0.5) is 46.5 Å². The Morgan fingerprint density at radius 2 is 0.774 bits per heavy atom. The van der Waals surface area contributed by atoms with Gasteiger partial charge in [0, 0.05) is 203 Å². The van der Waals surface area contributed by atoms with Crippen molar-refractivity contribution < 1.29 is 4.74 Å². The molecule has 19 rings (SSSR count). The molecule has 10 atom stereocenters. The van der Waals surface area contributed by atoms with Gasteiger partial charge in [0.05, 0.1) is 49.5 Å². The molecule has 1 aromatic carbocycles. The zero-order valence-corrected chi connectivity index (χ0v) is 80.9. The Labute approximate surface area is 795 Å². The summed E-state index contributed by atoms with van der Waals surface area (Å²) in [5.41, 5.74) is 40.4. The van der Waals surface area contributed by atoms with Crippen LogP contribution < -0.4 is 75.1 Å². The number of pyridine rings is 2. The summed E-state index contributed by atoms with van der Waals surface area (Å²) in [6, 6.07) is 41.7. The highest BCUT2D eigenvalue weighted by Crippen LogP contribution is 2.33. The number of aryl methyl sites for hydroxylation is 1. The second-order valence-corrected chi connectivity index (χ2v) is 31.1. The van der Waals surface area contributed by atoms with Crippen molar-refractivity contribution in [3.63, 3.8) is 0 Å². The quantitative estimate of drug-likeness (QED) is 0.0358. The molecule has 6 aliphatic rings. The number of nitrogens with one attached hydrogen (secondary N) is 6. The van der Waals surface area contributed by atoms with Crippen LogP contribution in [-0.4, -0.2) is 202 Å². The smallest absolute Gasteiger partial charge is 0.213 e. The van der Waals surface area contributed by atoms with Gasteiger partial charge in [-0.3, -0.25) is 4.98 Å². The Kier molecular flexibility index (Phi) is 43.5. The fraction of sp³-hybridized carbons (Fsp3) is 0.439. The molecule has 5 aliphatic carbocycles. The second kappa shape index (κ2) is 50.6. The number of nitrogens with zero attached hydrogens (tertiary/aromatic N) is 20. The molecule has 13 heterocycles. The summed E-state index contributed by atoms with van der Waals surface area (Å²) >= 11 is 0. The lowest BCUT2D eigenvalue weighted by molar-refractivity contribution is 0.312. The van der Waals surface area contributed by atoms with Crippen molar-refractivity contribution in [2.45, 2.75) is 177 Å². The number of aromatic nitrogens is 17. The minimum Gasteiger partial charge on any atom is -0.481 e. The molecule has 1 saturated heterocycles. The zero-order chi connectivity index (χ0) is 78.6. The van der Waals surface area contributed by atoms with Crippen LogP contribution in [0.25, 0.3) is 50.8 Å². The molecule has 0 spiro atoms. The first-order chi connectivity index (χ1) is 55.5. The van der Waals surface area contributed by atoms with Crippen molar-refractivity contribution in [3.05, 3.63) is 170 Å². The molecule has 13 aromatic rings. The van der Waals surface area contributed by atoms with Gasteiger partial charge in [-0.25, -0.2) is 29.9 Å². The number of ether oxygens (including phenoxy) is 1. The topological polar surface area (TPSA) is 398 Å². The third kappa shape index (κ3) is 27.6. The zero-order valence-electron chi connectivity index (χ0n) is 70.9. The van der Waals surface area contributed by atoms with Gasteiger partial charge in [0.2, 0.25) is 5.88 Å². The first kappa shape index (κ1) is 107. The number of piperazine rings is 1. The third-order valence-corrected chi connectivity index (χ3v) is 22.2.